The number of aldehydes is 1. The first-order valence-corrected chi connectivity index (χ1v) is 6.83. The molecule has 2 aromatic rings. The number of hydrogen-bond acceptors (Lipinski definition) is 2. The van der Waals surface area contributed by atoms with Crippen LogP contribution in [-0.4, -0.2) is 6.29 Å². The van der Waals surface area contributed by atoms with Gasteiger partial charge in [-0.05, 0) is 37.1 Å². The minimum absolute atomic E-state index is 0.462. The van der Waals surface area contributed by atoms with E-state index in [1.807, 2.05) is 44.2 Å². The molecule has 0 spiro atoms. The van der Waals surface area contributed by atoms with Crippen molar-refractivity contribution in [2.24, 2.45) is 0 Å². The van der Waals surface area contributed by atoms with Gasteiger partial charge < -0.3 is 4.74 Å². The zero-order valence-corrected chi connectivity index (χ0v) is 12.5. The van der Waals surface area contributed by atoms with Crippen molar-refractivity contribution in [2.45, 2.75) is 20.5 Å². The molecule has 2 rings (SSSR count). The molecule has 0 saturated heterocycles. The second-order valence-corrected chi connectivity index (χ2v) is 5.45. The van der Waals surface area contributed by atoms with Crippen LogP contribution in [0.25, 0.3) is 0 Å². The Labute approximate surface area is 121 Å². The summed E-state index contributed by atoms with van der Waals surface area (Å²) in [5.74, 6) is 0.652. The van der Waals surface area contributed by atoms with Crippen molar-refractivity contribution in [3.05, 3.63) is 63.1 Å². The van der Waals surface area contributed by atoms with Gasteiger partial charge in [0.15, 0.2) is 6.29 Å². The van der Waals surface area contributed by atoms with Gasteiger partial charge >= 0.3 is 0 Å². The lowest BCUT2D eigenvalue weighted by atomic mass is 10.1. The van der Waals surface area contributed by atoms with Crippen molar-refractivity contribution in [2.75, 3.05) is 0 Å². The highest BCUT2D eigenvalue weighted by Crippen LogP contribution is 2.27. The predicted octanol–water partition coefficient (Wildman–Crippen LogP) is 4.46. The summed E-state index contributed by atoms with van der Waals surface area (Å²) in [4.78, 5) is 11.1. The Balaban J connectivity index is 2.19. The number of halogens is 1. The molecule has 0 saturated carbocycles. The second-order valence-electron chi connectivity index (χ2n) is 4.53. The predicted molar refractivity (Wildman–Crippen MR) is 79.8 cm³/mol. The summed E-state index contributed by atoms with van der Waals surface area (Å²) in [6, 6.07) is 11.9. The molecule has 0 fully saturated rings. The fraction of sp³-hybridized carbons (Fsp3) is 0.188. The second kappa shape index (κ2) is 6.02. The van der Waals surface area contributed by atoms with Crippen LogP contribution in [0.5, 0.6) is 5.75 Å². The van der Waals surface area contributed by atoms with Crippen LogP contribution in [0.4, 0.5) is 0 Å². The third kappa shape index (κ3) is 3.44. The van der Waals surface area contributed by atoms with Gasteiger partial charge in [0.25, 0.3) is 0 Å². The number of carbonyl (C=O) groups is 1. The molecule has 3 heteroatoms. The van der Waals surface area contributed by atoms with Gasteiger partial charge in [-0.25, -0.2) is 0 Å². The van der Waals surface area contributed by atoms with Gasteiger partial charge in [-0.15, -0.1) is 0 Å². The SMILES string of the molecule is Cc1ccc(COc2c(C)cc(Br)cc2C=O)cc1. The van der Waals surface area contributed by atoms with Crippen molar-refractivity contribution >= 4 is 22.2 Å². The Morgan fingerprint density at radius 3 is 2.47 bits per heavy atom. The molecule has 0 aromatic heterocycles. The summed E-state index contributed by atoms with van der Waals surface area (Å²) in [6.07, 6.45) is 0.822. The van der Waals surface area contributed by atoms with Crippen LogP contribution >= 0.6 is 15.9 Å². The molecule has 0 heterocycles. The van der Waals surface area contributed by atoms with E-state index in [4.69, 9.17) is 4.74 Å². The quantitative estimate of drug-likeness (QED) is 0.778. The lowest BCUT2D eigenvalue weighted by Crippen LogP contribution is -2.00. The minimum Gasteiger partial charge on any atom is -0.488 e. The Hall–Kier alpha value is -1.61. The normalized spacial score (nSPS) is 10.3. The highest BCUT2D eigenvalue weighted by molar-refractivity contribution is 9.10. The van der Waals surface area contributed by atoms with Gasteiger partial charge in [-0.1, -0.05) is 45.8 Å². The molecule has 0 amide bonds. The van der Waals surface area contributed by atoms with Crippen LogP contribution in [0.3, 0.4) is 0 Å². The summed E-state index contributed by atoms with van der Waals surface area (Å²) < 4.78 is 6.67. The van der Waals surface area contributed by atoms with Crippen molar-refractivity contribution in [3.63, 3.8) is 0 Å². The summed E-state index contributed by atoms with van der Waals surface area (Å²) in [5, 5.41) is 0. The molecule has 0 aliphatic rings. The molecular formula is C16H15BrO2. The van der Waals surface area contributed by atoms with E-state index in [0.717, 1.165) is 21.9 Å². The van der Waals surface area contributed by atoms with Gasteiger partial charge in [-0.3, -0.25) is 4.79 Å². The highest BCUT2D eigenvalue weighted by atomic mass is 79.9. The number of benzene rings is 2. The Bertz CT molecular complexity index is 588. The fourth-order valence-corrected chi connectivity index (χ4v) is 2.47. The third-order valence-corrected chi connectivity index (χ3v) is 3.36. The van der Waals surface area contributed by atoms with Crippen molar-refractivity contribution < 1.29 is 9.53 Å². The lowest BCUT2D eigenvalue weighted by Gasteiger charge is -2.12. The topological polar surface area (TPSA) is 26.3 Å². The third-order valence-electron chi connectivity index (χ3n) is 2.90. The minimum atomic E-state index is 0.462. The first-order valence-electron chi connectivity index (χ1n) is 6.04. The fourth-order valence-electron chi connectivity index (χ4n) is 1.88. The standard InChI is InChI=1S/C16H15BrO2/c1-11-3-5-13(6-4-11)10-19-16-12(2)7-15(17)8-14(16)9-18/h3-9H,10H2,1-2H3. The van der Waals surface area contributed by atoms with Crippen molar-refractivity contribution in [3.8, 4) is 5.75 Å². The molecule has 0 N–H and O–H groups in total. The lowest BCUT2D eigenvalue weighted by molar-refractivity contribution is 0.111. The van der Waals surface area contributed by atoms with Crippen molar-refractivity contribution in [1.82, 2.24) is 0 Å². The molecule has 98 valence electrons. The molecule has 19 heavy (non-hydrogen) atoms. The average molecular weight is 319 g/mol. The molecule has 0 unspecified atom stereocenters. The number of hydrogen-bond donors (Lipinski definition) is 0. The molecular weight excluding hydrogens is 304 g/mol. The molecule has 0 aliphatic heterocycles. The smallest absolute Gasteiger partial charge is 0.153 e. The Kier molecular flexibility index (Phi) is 4.38. The zero-order chi connectivity index (χ0) is 13.8. The first kappa shape index (κ1) is 13.8. The zero-order valence-electron chi connectivity index (χ0n) is 10.9. The number of rotatable bonds is 4. The van der Waals surface area contributed by atoms with Crippen LogP contribution in [0.1, 0.15) is 27.0 Å². The Morgan fingerprint density at radius 1 is 1.16 bits per heavy atom. The van der Waals surface area contributed by atoms with E-state index in [2.05, 4.69) is 15.9 Å². The van der Waals surface area contributed by atoms with Crippen LogP contribution in [0.15, 0.2) is 40.9 Å². The van der Waals surface area contributed by atoms with Crippen LogP contribution in [0.2, 0.25) is 0 Å². The summed E-state index contributed by atoms with van der Waals surface area (Å²) >= 11 is 3.38. The molecule has 2 aromatic carbocycles. The monoisotopic (exact) mass is 318 g/mol. The largest absolute Gasteiger partial charge is 0.488 e. The average Bonchev–Trinajstić information content (AvgIpc) is 2.39. The number of ether oxygens (including phenoxy) is 1. The van der Waals surface area contributed by atoms with Crippen molar-refractivity contribution in [1.29, 1.82) is 0 Å². The molecule has 0 atom stereocenters. The van der Waals surface area contributed by atoms with E-state index in [-0.39, 0.29) is 0 Å². The summed E-state index contributed by atoms with van der Waals surface area (Å²) in [5.41, 5.74) is 3.82. The maximum absolute atomic E-state index is 11.1. The maximum Gasteiger partial charge on any atom is 0.153 e. The molecule has 2 nitrogen and oxygen atoms in total. The maximum atomic E-state index is 11.1. The molecule has 0 radical (unpaired) electrons. The van der Waals surface area contributed by atoms with Gasteiger partial charge in [0, 0.05) is 4.47 Å². The van der Waals surface area contributed by atoms with E-state index >= 15 is 0 Å². The van der Waals surface area contributed by atoms with Gasteiger partial charge in [0.2, 0.25) is 0 Å². The van der Waals surface area contributed by atoms with E-state index in [0.29, 0.717) is 17.9 Å². The van der Waals surface area contributed by atoms with Gasteiger partial charge in [0.05, 0.1) is 5.56 Å². The van der Waals surface area contributed by atoms with Crippen LogP contribution in [-0.2, 0) is 6.61 Å². The Morgan fingerprint density at radius 2 is 1.84 bits per heavy atom. The van der Waals surface area contributed by atoms with E-state index < -0.39 is 0 Å². The molecule has 0 bridgehead atoms. The number of aryl methyl sites for hydroxylation is 2. The summed E-state index contributed by atoms with van der Waals surface area (Å²) in [7, 11) is 0. The van der Waals surface area contributed by atoms with Crippen LogP contribution in [0, 0.1) is 13.8 Å². The molecule has 0 aliphatic carbocycles. The summed E-state index contributed by atoms with van der Waals surface area (Å²) in [6.45, 7) is 4.44. The van der Waals surface area contributed by atoms with Crippen LogP contribution < -0.4 is 4.74 Å². The highest BCUT2D eigenvalue weighted by Gasteiger charge is 2.08. The van der Waals surface area contributed by atoms with Gasteiger partial charge in [0.1, 0.15) is 12.4 Å². The number of carbonyl (C=O) groups excluding carboxylic acids is 1. The van der Waals surface area contributed by atoms with E-state index in [9.17, 15) is 4.79 Å². The first-order chi connectivity index (χ1) is 9.10. The van der Waals surface area contributed by atoms with Gasteiger partial charge in [-0.2, -0.15) is 0 Å². The van der Waals surface area contributed by atoms with E-state index in [1.165, 1.54) is 5.56 Å². The van der Waals surface area contributed by atoms with E-state index in [1.54, 1.807) is 6.07 Å².